The van der Waals surface area contributed by atoms with Crippen molar-refractivity contribution in [1.82, 2.24) is 5.32 Å². The van der Waals surface area contributed by atoms with Crippen molar-refractivity contribution in [3.63, 3.8) is 0 Å². The third-order valence-electron chi connectivity index (χ3n) is 2.37. The lowest BCUT2D eigenvalue weighted by Gasteiger charge is -2.04. The van der Waals surface area contributed by atoms with Gasteiger partial charge in [0.2, 0.25) is 5.91 Å². The van der Waals surface area contributed by atoms with Gasteiger partial charge >= 0.3 is 5.97 Å². The van der Waals surface area contributed by atoms with E-state index in [0.717, 1.165) is 0 Å². The summed E-state index contributed by atoms with van der Waals surface area (Å²) in [4.78, 5) is 32.4. The fraction of sp³-hybridized carbons (Fsp3) is 0.333. The van der Waals surface area contributed by atoms with Crippen LogP contribution in [0.5, 0.6) is 0 Å². The minimum Gasteiger partial charge on any atom is -0.469 e. The molecule has 0 aliphatic rings. The van der Waals surface area contributed by atoms with E-state index in [1.165, 1.54) is 25.3 Å². The Bertz CT molecular complexity index is 487. The molecule has 0 saturated heterocycles. The quantitative estimate of drug-likeness (QED) is 0.467. The maximum Gasteiger partial charge on any atom is 0.307 e. The Hall–Kier alpha value is -2.44. The number of amides is 1. The van der Waals surface area contributed by atoms with Gasteiger partial charge in [-0.15, -0.1) is 0 Å². The van der Waals surface area contributed by atoms with E-state index in [1.807, 2.05) is 0 Å². The molecule has 1 amide bonds. The van der Waals surface area contributed by atoms with Crippen LogP contribution in [0.2, 0.25) is 0 Å². The number of non-ortho nitro benzene ring substituents is 1. The van der Waals surface area contributed by atoms with Crippen molar-refractivity contribution in [1.29, 1.82) is 0 Å². The normalized spacial score (nSPS) is 9.74. The highest BCUT2D eigenvalue weighted by molar-refractivity contribution is 5.79. The third kappa shape index (κ3) is 5.15. The molecule has 7 nitrogen and oxygen atoms in total. The molecule has 0 aromatic heterocycles. The van der Waals surface area contributed by atoms with Gasteiger partial charge in [0.1, 0.15) is 0 Å². The SMILES string of the molecule is COC(=O)CCNC(=O)Cc1cccc([N+](=O)[O-])c1. The Morgan fingerprint density at radius 3 is 2.79 bits per heavy atom. The van der Waals surface area contributed by atoms with E-state index in [4.69, 9.17) is 0 Å². The number of methoxy groups -OCH3 is 1. The van der Waals surface area contributed by atoms with E-state index in [1.54, 1.807) is 6.07 Å². The number of esters is 1. The molecule has 0 aliphatic carbocycles. The van der Waals surface area contributed by atoms with Crippen molar-refractivity contribution in [2.45, 2.75) is 12.8 Å². The summed E-state index contributed by atoms with van der Waals surface area (Å²) in [5.41, 5.74) is 0.490. The molecule has 0 unspecified atom stereocenters. The van der Waals surface area contributed by atoms with Crippen molar-refractivity contribution >= 4 is 17.6 Å². The van der Waals surface area contributed by atoms with Crippen LogP contribution in [-0.2, 0) is 20.7 Å². The molecule has 7 heteroatoms. The number of nitro groups is 1. The van der Waals surface area contributed by atoms with E-state index >= 15 is 0 Å². The van der Waals surface area contributed by atoms with Gasteiger partial charge in [0, 0.05) is 18.7 Å². The number of nitro benzene ring substituents is 1. The third-order valence-corrected chi connectivity index (χ3v) is 2.37. The molecule has 0 saturated carbocycles. The molecule has 0 heterocycles. The fourth-order valence-corrected chi connectivity index (χ4v) is 1.43. The summed E-state index contributed by atoms with van der Waals surface area (Å²) < 4.78 is 4.43. The number of hydrogen-bond donors (Lipinski definition) is 1. The molecule has 0 atom stereocenters. The van der Waals surface area contributed by atoms with Gasteiger partial charge in [0.15, 0.2) is 0 Å². The highest BCUT2D eigenvalue weighted by atomic mass is 16.6. The van der Waals surface area contributed by atoms with Gasteiger partial charge in [-0.05, 0) is 5.56 Å². The number of hydrogen-bond acceptors (Lipinski definition) is 5. The predicted octanol–water partition coefficient (Wildman–Crippen LogP) is 0.817. The molecule has 0 spiro atoms. The Kier molecular flexibility index (Phi) is 5.46. The van der Waals surface area contributed by atoms with Crippen molar-refractivity contribution in [2.75, 3.05) is 13.7 Å². The first-order chi connectivity index (χ1) is 9.02. The molecule has 1 rings (SSSR count). The molecular weight excluding hydrogens is 252 g/mol. The number of rotatable bonds is 6. The summed E-state index contributed by atoms with van der Waals surface area (Å²) in [6.45, 7) is 0.181. The summed E-state index contributed by atoms with van der Waals surface area (Å²) in [7, 11) is 1.27. The molecule has 0 aliphatic heterocycles. The average Bonchev–Trinajstić information content (AvgIpc) is 2.38. The summed E-state index contributed by atoms with van der Waals surface area (Å²) in [5, 5.41) is 13.1. The molecular formula is C12H14N2O5. The Labute approximate surface area is 109 Å². The molecule has 19 heavy (non-hydrogen) atoms. The van der Waals surface area contributed by atoms with Crippen LogP contribution in [-0.4, -0.2) is 30.5 Å². The van der Waals surface area contributed by atoms with Crippen LogP contribution >= 0.6 is 0 Å². The number of carbonyl (C=O) groups is 2. The molecule has 1 aromatic rings. The predicted molar refractivity (Wildman–Crippen MR) is 66.4 cm³/mol. The van der Waals surface area contributed by atoms with Crippen LogP contribution in [0.15, 0.2) is 24.3 Å². The smallest absolute Gasteiger partial charge is 0.307 e. The second kappa shape index (κ2) is 7.10. The number of nitrogens with zero attached hydrogens (tertiary/aromatic N) is 1. The minimum atomic E-state index is -0.515. The monoisotopic (exact) mass is 266 g/mol. The zero-order valence-electron chi connectivity index (χ0n) is 10.4. The number of nitrogens with one attached hydrogen (secondary N) is 1. The number of ether oxygens (including phenoxy) is 1. The van der Waals surface area contributed by atoms with Crippen LogP contribution in [0.1, 0.15) is 12.0 Å². The van der Waals surface area contributed by atoms with E-state index in [2.05, 4.69) is 10.1 Å². The number of carbonyl (C=O) groups excluding carboxylic acids is 2. The molecule has 102 valence electrons. The van der Waals surface area contributed by atoms with Crippen molar-refractivity contribution in [3.05, 3.63) is 39.9 Å². The highest BCUT2D eigenvalue weighted by Crippen LogP contribution is 2.13. The van der Waals surface area contributed by atoms with E-state index in [0.29, 0.717) is 5.56 Å². The summed E-state index contributed by atoms with van der Waals surface area (Å²) >= 11 is 0. The second-order valence-corrected chi connectivity index (χ2v) is 3.78. The van der Waals surface area contributed by atoms with Crippen molar-refractivity contribution in [3.8, 4) is 0 Å². The maximum absolute atomic E-state index is 11.5. The first-order valence-electron chi connectivity index (χ1n) is 5.59. The van der Waals surface area contributed by atoms with Crippen LogP contribution in [0.4, 0.5) is 5.69 Å². The topological polar surface area (TPSA) is 98.5 Å². The molecule has 1 N–H and O–H groups in total. The molecule has 0 radical (unpaired) electrons. The molecule has 0 bridgehead atoms. The van der Waals surface area contributed by atoms with Gasteiger partial charge < -0.3 is 10.1 Å². The maximum atomic E-state index is 11.5. The van der Waals surface area contributed by atoms with Gasteiger partial charge in [-0.2, -0.15) is 0 Å². The summed E-state index contributed by atoms with van der Waals surface area (Å²) in [6, 6.07) is 5.86. The van der Waals surface area contributed by atoms with Crippen LogP contribution < -0.4 is 5.32 Å². The van der Waals surface area contributed by atoms with Crippen molar-refractivity contribution < 1.29 is 19.2 Å². The minimum absolute atomic E-state index is 0.0306. The zero-order valence-corrected chi connectivity index (χ0v) is 10.4. The lowest BCUT2D eigenvalue weighted by atomic mass is 10.1. The van der Waals surface area contributed by atoms with E-state index in [-0.39, 0.29) is 31.0 Å². The molecule has 0 fully saturated rings. The van der Waals surface area contributed by atoms with Crippen LogP contribution in [0, 0.1) is 10.1 Å². The highest BCUT2D eigenvalue weighted by Gasteiger charge is 2.09. The Morgan fingerprint density at radius 2 is 2.16 bits per heavy atom. The Balaban J connectivity index is 2.46. The van der Waals surface area contributed by atoms with E-state index in [9.17, 15) is 19.7 Å². The van der Waals surface area contributed by atoms with Gasteiger partial charge in [-0.25, -0.2) is 0 Å². The summed E-state index contributed by atoms with van der Waals surface area (Å²) in [5.74, 6) is -0.708. The van der Waals surface area contributed by atoms with Crippen molar-refractivity contribution in [2.24, 2.45) is 0 Å². The summed E-state index contributed by atoms with van der Waals surface area (Å²) in [6.07, 6.45) is 0.125. The van der Waals surface area contributed by atoms with Crippen LogP contribution in [0.3, 0.4) is 0 Å². The van der Waals surface area contributed by atoms with E-state index < -0.39 is 10.9 Å². The lowest BCUT2D eigenvalue weighted by molar-refractivity contribution is -0.384. The zero-order chi connectivity index (χ0) is 14.3. The Morgan fingerprint density at radius 1 is 1.42 bits per heavy atom. The second-order valence-electron chi connectivity index (χ2n) is 3.78. The van der Waals surface area contributed by atoms with Crippen LogP contribution in [0.25, 0.3) is 0 Å². The average molecular weight is 266 g/mol. The fourth-order valence-electron chi connectivity index (χ4n) is 1.43. The number of benzene rings is 1. The standard InChI is InChI=1S/C12H14N2O5/c1-19-12(16)5-6-13-11(15)8-9-3-2-4-10(7-9)14(17)18/h2-4,7H,5-6,8H2,1H3,(H,13,15). The largest absolute Gasteiger partial charge is 0.469 e. The van der Waals surface area contributed by atoms with Gasteiger partial charge in [0.25, 0.3) is 5.69 Å². The molecule has 1 aromatic carbocycles. The lowest BCUT2D eigenvalue weighted by Crippen LogP contribution is -2.27. The first kappa shape index (κ1) is 14.6. The first-order valence-corrected chi connectivity index (χ1v) is 5.59. The van der Waals surface area contributed by atoms with Gasteiger partial charge in [-0.3, -0.25) is 19.7 Å². The van der Waals surface area contributed by atoms with Gasteiger partial charge in [0.05, 0.1) is 24.9 Å². The van der Waals surface area contributed by atoms with Gasteiger partial charge in [-0.1, -0.05) is 12.1 Å².